The van der Waals surface area contributed by atoms with E-state index in [1.54, 1.807) is 29.5 Å². The Labute approximate surface area is 125 Å². The van der Waals surface area contributed by atoms with Crippen LogP contribution in [-0.4, -0.2) is 19.0 Å². The smallest absolute Gasteiger partial charge is 0.227 e. The highest BCUT2D eigenvalue weighted by Gasteiger charge is 2.17. The molecule has 1 aliphatic heterocycles. The van der Waals surface area contributed by atoms with Gasteiger partial charge in [0.15, 0.2) is 17.7 Å². The van der Waals surface area contributed by atoms with Gasteiger partial charge < -0.3 is 26.5 Å². The minimum absolute atomic E-state index is 0. The number of nitrogens with zero attached hydrogens (tertiary/aromatic N) is 1. The van der Waals surface area contributed by atoms with Crippen molar-refractivity contribution in [2.45, 2.75) is 6.54 Å². The van der Waals surface area contributed by atoms with Crippen molar-refractivity contribution in [3.05, 3.63) is 40.8 Å². The lowest BCUT2D eigenvalue weighted by molar-refractivity contribution is -0.678. The Morgan fingerprint density at radius 1 is 1.26 bits per heavy atom. The van der Waals surface area contributed by atoms with Crippen molar-refractivity contribution in [2.24, 2.45) is 0 Å². The maximum Gasteiger partial charge on any atom is 0.227 e. The van der Waals surface area contributed by atoms with Crippen LogP contribution in [0.4, 0.5) is 0 Å². The molecular weight excluding hydrogens is 330 g/mol. The first kappa shape index (κ1) is 14.0. The molecule has 2 aromatic rings. The molecule has 1 aromatic heterocycles. The van der Waals surface area contributed by atoms with E-state index < -0.39 is 0 Å². The van der Waals surface area contributed by atoms with Crippen molar-refractivity contribution in [3.8, 4) is 11.5 Å². The van der Waals surface area contributed by atoms with E-state index in [1.807, 2.05) is 21.7 Å². The predicted molar refractivity (Wildman–Crippen MR) is 66.3 cm³/mol. The molecule has 0 fully saturated rings. The van der Waals surface area contributed by atoms with E-state index in [1.165, 1.54) is 0 Å². The molecule has 6 heteroatoms. The Morgan fingerprint density at radius 3 is 2.79 bits per heavy atom. The highest BCUT2D eigenvalue weighted by molar-refractivity contribution is 7.07. The number of ether oxygens (including phenoxy) is 2. The topological polar surface area (TPSA) is 39.4 Å². The van der Waals surface area contributed by atoms with Gasteiger partial charge in [-0.15, -0.1) is 0 Å². The van der Waals surface area contributed by atoms with Gasteiger partial charge in [0, 0.05) is 5.56 Å². The molecule has 0 aliphatic carbocycles. The van der Waals surface area contributed by atoms with Gasteiger partial charge in [-0.1, -0.05) is 11.3 Å². The standard InChI is InChI=1S/C13H12NO3S.BrH/c15-11(8-14-3-6-18-9-14)10-1-2-12-13(7-10)17-5-4-16-12;/h1-3,6-7,9H,4-5,8H2;1H/q+1;/p-1. The Morgan fingerprint density at radius 2 is 2.05 bits per heavy atom. The SMILES string of the molecule is O=C(C[n+]1ccsc1)c1ccc2c(c1)OCCO2.[Br-]. The summed E-state index contributed by atoms with van der Waals surface area (Å²) in [6.07, 6.45) is 1.89. The van der Waals surface area contributed by atoms with Crippen LogP contribution in [0, 0.1) is 0 Å². The van der Waals surface area contributed by atoms with Crippen LogP contribution in [0.2, 0.25) is 0 Å². The number of ketones is 1. The second-order valence-electron chi connectivity index (χ2n) is 3.98. The van der Waals surface area contributed by atoms with Crippen LogP contribution >= 0.6 is 11.3 Å². The minimum atomic E-state index is 0. The summed E-state index contributed by atoms with van der Waals surface area (Å²) in [5.41, 5.74) is 2.56. The number of Topliss-reactive ketones (excluding diaryl/α,β-unsaturated/α-hetero) is 1. The number of hydrogen-bond acceptors (Lipinski definition) is 4. The highest BCUT2D eigenvalue weighted by Crippen LogP contribution is 2.30. The first-order valence-electron chi connectivity index (χ1n) is 5.67. The maximum absolute atomic E-state index is 12.1. The fraction of sp³-hybridized carbons (Fsp3) is 0.231. The van der Waals surface area contributed by atoms with Gasteiger partial charge in [0.1, 0.15) is 13.2 Å². The lowest BCUT2D eigenvalue weighted by atomic mass is 10.1. The summed E-state index contributed by atoms with van der Waals surface area (Å²) in [6.45, 7) is 1.44. The second-order valence-corrected chi connectivity index (χ2v) is 4.74. The summed E-state index contributed by atoms with van der Waals surface area (Å²) in [5.74, 6) is 1.43. The normalized spacial score (nSPS) is 12.6. The lowest BCUT2D eigenvalue weighted by Gasteiger charge is -2.18. The summed E-state index contributed by atoms with van der Waals surface area (Å²) in [6, 6.07) is 5.33. The molecule has 0 radical (unpaired) electrons. The van der Waals surface area contributed by atoms with Crippen molar-refractivity contribution in [1.29, 1.82) is 0 Å². The fourth-order valence-corrected chi connectivity index (χ4v) is 2.42. The fourth-order valence-electron chi connectivity index (χ4n) is 1.83. The van der Waals surface area contributed by atoms with Gasteiger partial charge in [0.25, 0.3) is 0 Å². The van der Waals surface area contributed by atoms with Gasteiger partial charge in [0.2, 0.25) is 17.8 Å². The van der Waals surface area contributed by atoms with Crippen LogP contribution in [0.15, 0.2) is 35.3 Å². The summed E-state index contributed by atoms with van der Waals surface area (Å²) in [7, 11) is 0. The zero-order chi connectivity index (χ0) is 12.4. The summed E-state index contributed by atoms with van der Waals surface area (Å²) < 4.78 is 12.8. The molecule has 100 valence electrons. The van der Waals surface area contributed by atoms with E-state index in [9.17, 15) is 4.79 Å². The third-order valence-electron chi connectivity index (χ3n) is 2.72. The van der Waals surface area contributed by atoms with Gasteiger partial charge in [-0.05, 0) is 18.2 Å². The predicted octanol–water partition coefficient (Wildman–Crippen LogP) is -1.31. The number of aromatic nitrogens is 1. The third-order valence-corrected chi connectivity index (χ3v) is 3.39. The summed E-state index contributed by atoms with van der Waals surface area (Å²) in [4.78, 5) is 12.1. The summed E-state index contributed by atoms with van der Waals surface area (Å²) >= 11 is 1.57. The number of fused-ring (bicyclic) bond motifs is 1. The molecule has 2 heterocycles. The molecule has 1 aromatic carbocycles. The Kier molecular flexibility index (Phi) is 4.55. The third kappa shape index (κ3) is 3.13. The molecule has 0 unspecified atom stereocenters. The van der Waals surface area contributed by atoms with E-state index in [4.69, 9.17) is 9.47 Å². The molecule has 0 bridgehead atoms. The van der Waals surface area contributed by atoms with Crippen LogP contribution in [0.1, 0.15) is 10.4 Å². The molecular formula is C13H12BrNO3S. The van der Waals surface area contributed by atoms with E-state index in [0.717, 1.165) is 0 Å². The van der Waals surface area contributed by atoms with Crippen LogP contribution in [0.25, 0.3) is 0 Å². The number of hydrogen-bond donors (Lipinski definition) is 0. The highest BCUT2D eigenvalue weighted by atomic mass is 79.9. The van der Waals surface area contributed by atoms with E-state index >= 15 is 0 Å². The zero-order valence-electron chi connectivity index (χ0n) is 10.0. The average Bonchev–Trinajstić information content (AvgIpc) is 2.91. The molecule has 1 aliphatic rings. The molecule has 4 nitrogen and oxygen atoms in total. The van der Waals surface area contributed by atoms with Crippen LogP contribution < -0.4 is 31.0 Å². The van der Waals surface area contributed by atoms with Crippen molar-refractivity contribution in [1.82, 2.24) is 0 Å². The molecule has 19 heavy (non-hydrogen) atoms. The number of thiazole rings is 1. The van der Waals surface area contributed by atoms with Crippen LogP contribution in [0.5, 0.6) is 11.5 Å². The monoisotopic (exact) mass is 341 g/mol. The van der Waals surface area contributed by atoms with Crippen molar-refractivity contribution in [3.63, 3.8) is 0 Å². The maximum atomic E-state index is 12.1. The number of halogens is 1. The number of benzene rings is 1. The Bertz CT molecular complexity index is 571. The molecule has 3 rings (SSSR count). The first-order valence-corrected chi connectivity index (χ1v) is 6.61. The Balaban J connectivity index is 0.00000133. The van der Waals surface area contributed by atoms with Crippen molar-refractivity contribution >= 4 is 17.1 Å². The molecule has 0 spiro atoms. The second kappa shape index (κ2) is 6.16. The van der Waals surface area contributed by atoms with Gasteiger partial charge in [-0.3, -0.25) is 4.79 Å². The van der Waals surface area contributed by atoms with Crippen molar-refractivity contribution in [2.75, 3.05) is 13.2 Å². The Hall–Kier alpha value is -1.40. The number of carbonyl (C=O) groups is 1. The minimum Gasteiger partial charge on any atom is -1.00 e. The van der Waals surface area contributed by atoms with Gasteiger partial charge in [-0.25, -0.2) is 0 Å². The molecule has 0 N–H and O–H groups in total. The molecule has 0 atom stereocenters. The zero-order valence-corrected chi connectivity index (χ0v) is 12.4. The van der Waals surface area contributed by atoms with E-state index in [0.29, 0.717) is 36.8 Å². The van der Waals surface area contributed by atoms with Gasteiger partial charge in [-0.2, -0.15) is 4.57 Å². The van der Waals surface area contributed by atoms with Crippen molar-refractivity contribution < 1.29 is 35.8 Å². The van der Waals surface area contributed by atoms with Gasteiger partial charge >= 0.3 is 0 Å². The first-order chi connectivity index (χ1) is 8.83. The number of rotatable bonds is 3. The lowest BCUT2D eigenvalue weighted by Crippen LogP contribution is -3.00. The number of carbonyl (C=O) groups excluding carboxylic acids is 1. The summed E-state index contributed by atoms with van der Waals surface area (Å²) in [5, 5.41) is 1.94. The quantitative estimate of drug-likeness (QED) is 0.514. The largest absolute Gasteiger partial charge is 1.00 e. The molecule has 0 saturated heterocycles. The van der Waals surface area contributed by atoms with Crippen LogP contribution in [0.3, 0.4) is 0 Å². The van der Waals surface area contributed by atoms with E-state index in [2.05, 4.69) is 0 Å². The van der Waals surface area contributed by atoms with Crippen LogP contribution in [-0.2, 0) is 6.54 Å². The molecule has 0 amide bonds. The van der Waals surface area contributed by atoms with E-state index in [-0.39, 0.29) is 22.8 Å². The van der Waals surface area contributed by atoms with Gasteiger partial charge in [0.05, 0.1) is 5.38 Å². The molecule has 0 saturated carbocycles. The average molecular weight is 342 g/mol.